The molecule has 0 aromatic heterocycles. The molecule has 158 valence electrons. The lowest BCUT2D eigenvalue weighted by atomic mass is 9.92. The van der Waals surface area contributed by atoms with Crippen molar-refractivity contribution in [3.63, 3.8) is 0 Å². The number of benzene rings is 2. The van der Waals surface area contributed by atoms with Gasteiger partial charge in [-0.1, -0.05) is 37.3 Å². The maximum absolute atomic E-state index is 13.6. The van der Waals surface area contributed by atoms with E-state index in [2.05, 4.69) is 12.2 Å². The van der Waals surface area contributed by atoms with Crippen molar-refractivity contribution in [1.29, 1.82) is 0 Å². The first-order valence-electron chi connectivity index (χ1n) is 9.57. The summed E-state index contributed by atoms with van der Waals surface area (Å²) < 4.78 is 26.9. The highest BCUT2D eigenvalue weighted by Gasteiger charge is 2.49. The number of nitrogens with zero attached hydrogens (tertiary/aromatic N) is 2. The Kier molecular flexibility index (Phi) is 5.87. The van der Waals surface area contributed by atoms with Crippen LogP contribution in [0.5, 0.6) is 0 Å². The summed E-state index contributed by atoms with van der Waals surface area (Å²) in [7, 11) is 1.59. The fourth-order valence-corrected chi connectivity index (χ4v) is 3.34. The van der Waals surface area contributed by atoms with Crippen molar-refractivity contribution in [1.82, 2.24) is 15.1 Å². The normalized spacial score (nSPS) is 18.5. The van der Waals surface area contributed by atoms with E-state index < -0.39 is 41.6 Å². The molecule has 1 aliphatic heterocycles. The van der Waals surface area contributed by atoms with Gasteiger partial charge < -0.3 is 10.2 Å². The zero-order valence-corrected chi connectivity index (χ0v) is 17.0. The van der Waals surface area contributed by atoms with Crippen molar-refractivity contribution in [3.8, 4) is 0 Å². The molecule has 1 N–H and O–H groups in total. The van der Waals surface area contributed by atoms with Crippen LogP contribution in [0, 0.1) is 11.6 Å². The number of carbonyl (C=O) groups is 3. The predicted octanol–water partition coefficient (Wildman–Crippen LogP) is 2.95. The molecule has 0 aliphatic carbocycles. The van der Waals surface area contributed by atoms with Gasteiger partial charge in [0, 0.05) is 13.6 Å². The van der Waals surface area contributed by atoms with E-state index in [0.29, 0.717) is 6.54 Å². The van der Waals surface area contributed by atoms with Gasteiger partial charge in [0.25, 0.3) is 5.91 Å². The van der Waals surface area contributed by atoms with Crippen LogP contribution in [0.3, 0.4) is 0 Å². The van der Waals surface area contributed by atoms with Crippen molar-refractivity contribution >= 4 is 17.8 Å². The fourth-order valence-electron chi connectivity index (χ4n) is 3.34. The summed E-state index contributed by atoms with van der Waals surface area (Å²) >= 11 is 0. The van der Waals surface area contributed by atoms with Crippen LogP contribution in [0.25, 0.3) is 0 Å². The molecule has 3 rings (SSSR count). The number of rotatable bonds is 6. The molecule has 1 unspecified atom stereocenters. The van der Waals surface area contributed by atoms with Gasteiger partial charge in [-0.05, 0) is 42.2 Å². The molecule has 2 aromatic rings. The molecule has 1 heterocycles. The molecule has 4 amide bonds. The number of halogens is 2. The molecule has 30 heavy (non-hydrogen) atoms. The smallest absolute Gasteiger partial charge is 0.325 e. The summed E-state index contributed by atoms with van der Waals surface area (Å²) in [6, 6.07) is 10.0. The van der Waals surface area contributed by atoms with E-state index in [9.17, 15) is 23.2 Å². The van der Waals surface area contributed by atoms with Crippen LogP contribution >= 0.6 is 0 Å². The molecule has 0 saturated carbocycles. The van der Waals surface area contributed by atoms with E-state index in [1.807, 2.05) is 24.3 Å². The third-order valence-corrected chi connectivity index (χ3v) is 5.34. The lowest BCUT2D eigenvalue weighted by Gasteiger charge is -2.23. The maximum Gasteiger partial charge on any atom is 0.325 e. The maximum atomic E-state index is 13.6. The Morgan fingerprint density at radius 1 is 1.07 bits per heavy atom. The van der Waals surface area contributed by atoms with Crippen LogP contribution in [-0.2, 0) is 28.1 Å². The summed E-state index contributed by atoms with van der Waals surface area (Å²) in [6.07, 6.45) is 0.915. The number of urea groups is 1. The predicted molar refractivity (Wildman–Crippen MR) is 106 cm³/mol. The van der Waals surface area contributed by atoms with Crippen molar-refractivity contribution in [2.24, 2.45) is 0 Å². The van der Waals surface area contributed by atoms with Crippen LogP contribution in [0.4, 0.5) is 13.6 Å². The third-order valence-electron chi connectivity index (χ3n) is 5.34. The highest BCUT2D eigenvalue weighted by molar-refractivity contribution is 6.09. The van der Waals surface area contributed by atoms with Gasteiger partial charge in [-0.2, -0.15) is 0 Å². The highest BCUT2D eigenvalue weighted by Crippen LogP contribution is 2.29. The van der Waals surface area contributed by atoms with Crippen LogP contribution in [0.1, 0.15) is 30.5 Å². The first-order valence-corrected chi connectivity index (χ1v) is 9.57. The van der Waals surface area contributed by atoms with Gasteiger partial charge in [0.15, 0.2) is 11.6 Å². The molecule has 0 radical (unpaired) electrons. The standard InChI is InChI=1S/C22H23F2N3O3/c1-4-14-5-7-15(8-6-14)12-26(3)19(28)13-27-20(29)22(2,25-21(27)30)16-9-10-17(23)18(24)11-16/h5-11H,4,12-13H2,1-3H3,(H,25,30). The number of likely N-dealkylation sites (N-methyl/N-ethyl adjacent to an activating group) is 1. The molecule has 1 atom stereocenters. The monoisotopic (exact) mass is 415 g/mol. The molecule has 0 spiro atoms. The second-order valence-corrected chi connectivity index (χ2v) is 7.50. The van der Waals surface area contributed by atoms with Crippen molar-refractivity contribution < 1.29 is 23.2 Å². The largest absolute Gasteiger partial charge is 0.340 e. The summed E-state index contributed by atoms with van der Waals surface area (Å²) in [5.41, 5.74) is 0.620. The average molecular weight is 415 g/mol. The summed E-state index contributed by atoms with van der Waals surface area (Å²) in [6.45, 7) is 3.32. The fraction of sp³-hybridized carbons (Fsp3) is 0.318. The molecule has 8 heteroatoms. The van der Waals surface area contributed by atoms with Crippen LogP contribution in [-0.4, -0.2) is 41.2 Å². The highest BCUT2D eigenvalue weighted by atomic mass is 19.2. The van der Waals surface area contributed by atoms with E-state index in [-0.39, 0.29) is 5.56 Å². The molecular formula is C22H23F2N3O3. The molecular weight excluding hydrogens is 392 g/mol. The number of carbonyl (C=O) groups excluding carboxylic acids is 3. The number of aryl methyl sites for hydroxylation is 1. The van der Waals surface area contributed by atoms with E-state index in [1.54, 1.807) is 7.05 Å². The molecule has 1 saturated heterocycles. The van der Waals surface area contributed by atoms with Crippen LogP contribution in [0.2, 0.25) is 0 Å². The van der Waals surface area contributed by atoms with Gasteiger partial charge in [-0.25, -0.2) is 13.6 Å². The van der Waals surface area contributed by atoms with Crippen molar-refractivity contribution in [3.05, 3.63) is 70.8 Å². The van der Waals surface area contributed by atoms with Gasteiger partial charge >= 0.3 is 6.03 Å². The molecule has 2 aromatic carbocycles. The van der Waals surface area contributed by atoms with Gasteiger partial charge in [-0.3, -0.25) is 14.5 Å². The quantitative estimate of drug-likeness (QED) is 0.738. The first kappa shape index (κ1) is 21.4. The summed E-state index contributed by atoms with van der Waals surface area (Å²) in [5.74, 6) is -3.31. The minimum atomic E-state index is -1.58. The van der Waals surface area contributed by atoms with Crippen molar-refractivity contribution in [2.45, 2.75) is 32.4 Å². The zero-order valence-electron chi connectivity index (χ0n) is 17.0. The Labute approximate surface area is 173 Å². The second-order valence-electron chi connectivity index (χ2n) is 7.50. The second kappa shape index (κ2) is 8.22. The number of hydrogen-bond acceptors (Lipinski definition) is 3. The van der Waals surface area contributed by atoms with Crippen molar-refractivity contribution in [2.75, 3.05) is 13.6 Å². The molecule has 0 bridgehead atoms. The van der Waals surface area contributed by atoms with Crippen LogP contribution in [0.15, 0.2) is 42.5 Å². The lowest BCUT2D eigenvalue weighted by Crippen LogP contribution is -2.43. The number of hydrogen-bond donors (Lipinski definition) is 1. The van der Waals surface area contributed by atoms with Gasteiger partial charge in [0.05, 0.1) is 0 Å². The minimum absolute atomic E-state index is 0.0964. The van der Waals surface area contributed by atoms with E-state index in [4.69, 9.17) is 0 Å². The molecule has 1 fully saturated rings. The first-order chi connectivity index (χ1) is 14.2. The minimum Gasteiger partial charge on any atom is -0.340 e. The Hall–Kier alpha value is -3.29. The molecule has 1 aliphatic rings. The SMILES string of the molecule is CCc1ccc(CN(C)C(=O)CN2C(=O)NC(C)(c3ccc(F)c(F)c3)C2=O)cc1. The number of amides is 4. The van der Waals surface area contributed by atoms with E-state index in [1.165, 1.54) is 23.5 Å². The summed E-state index contributed by atoms with van der Waals surface area (Å²) in [5, 5.41) is 2.48. The van der Waals surface area contributed by atoms with Gasteiger partial charge in [0.1, 0.15) is 12.1 Å². The Balaban J connectivity index is 1.71. The Bertz CT molecular complexity index is 994. The van der Waals surface area contributed by atoms with Gasteiger partial charge in [0.2, 0.25) is 5.91 Å². The average Bonchev–Trinajstić information content (AvgIpc) is 2.94. The van der Waals surface area contributed by atoms with Gasteiger partial charge in [-0.15, -0.1) is 0 Å². The van der Waals surface area contributed by atoms with E-state index >= 15 is 0 Å². The Morgan fingerprint density at radius 2 is 1.70 bits per heavy atom. The van der Waals surface area contributed by atoms with Crippen LogP contribution < -0.4 is 5.32 Å². The van der Waals surface area contributed by atoms with E-state index in [0.717, 1.165) is 29.0 Å². The third kappa shape index (κ3) is 4.03. The zero-order chi connectivity index (χ0) is 22.1. The number of nitrogens with one attached hydrogen (secondary N) is 1. The lowest BCUT2D eigenvalue weighted by molar-refractivity contribution is -0.138. The summed E-state index contributed by atoms with van der Waals surface area (Å²) in [4.78, 5) is 40.1. The topological polar surface area (TPSA) is 69.7 Å². The Morgan fingerprint density at radius 3 is 2.30 bits per heavy atom. The molecule has 6 nitrogen and oxygen atoms in total. The number of imide groups is 1.